The number of carbonyl (C=O) groups excluding carboxylic acids is 1. The topological polar surface area (TPSA) is 20.3 Å². The highest BCUT2D eigenvalue weighted by Crippen LogP contribution is 2.31. The molecule has 0 unspecified atom stereocenters. The van der Waals surface area contributed by atoms with Gasteiger partial charge < -0.3 is 4.90 Å². The van der Waals surface area contributed by atoms with Crippen LogP contribution >= 0.6 is 11.6 Å². The summed E-state index contributed by atoms with van der Waals surface area (Å²) in [4.78, 5) is 13.6. The maximum Gasteiger partial charge on any atom is 0.153 e. The van der Waals surface area contributed by atoms with Gasteiger partial charge >= 0.3 is 0 Å². The Morgan fingerprint density at radius 3 is 2.67 bits per heavy atom. The van der Waals surface area contributed by atoms with Crippen LogP contribution in [-0.2, 0) is 0 Å². The van der Waals surface area contributed by atoms with Crippen molar-refractivity contribution in [1.82, 2.24) is 0 Å². The lowest BCUT2D eigenvalue weighted by Crippen LogP contribution is -2.37. The monoisotopic (exact) mass is 265 g/mol. The molecule has 1 aliphatic rings. The normalized spacial score (nSPS) is 16.6. The van der Waals surface area contributed by atoms with Crippen molar-refractivity contribution >= 4 is 23.6 Å². The molecule has 0 heterocycles. The van der Waals surface area contributed by atoms with E-state index in [4.69, 9.17) is 11.6 Å². The number of halogens is 1. The summed E-state index contributed by atoms with van der Waals surface area (Å²) in [6.45, 7) is 3.07. The molecule has 0 atom stereocenters. The first kappa shape index (κ1) is 13.4. The van der Waals surface area contributed by atoms with Gasteiger partial charge in [0.2, 0.25) is 0 Å². The largest absolute Gasteiger partial charge is 0.368 e. The van der Waals surface area contributed by atoms with Crippen LogP contribution < -0.4 is 4.90 Å². The van der Waals surface area contributed by atoms with E-state index in [-0.39, 0.29) is 0 Å². The fourth-order valence-corrected chi connectivity index (χ4v) is 3.12. The van der Waals surface area contributed by atoms with Gasteiger partial charge in [-0.25, -0.2) is 0 Å². The van der Waals surface area contributed by atoms with Crippen molar-refractivity contribution in [2.24, 2.45) is 0 Å². The van der Waals surface area contributed by atoms with E-state index >= 15 is 0 Å². The van der Waals surface area contributed by atoms with Crippen LogP contribution in [-0.4, -0.2) is 18.9 Å². The number of aldehydes is 1. The Hall–Kier alpha value is -1.02. The number of anilines is 1. The molecule has 1 aromatic carbocycles. The molecular weight excluding hydrogens is 246 g/mol. The Labute approximate surface area is 114 Å². The number of hydrogen-bond donors (Lipinski definition) is 0. The molecule has 0 aromatic heterocycles. The molecule has 1 aliphatic carbocycles. The van der Waals surface area contributed by atoms with E-state index in [1.54, 1.807) is 6.07 Å². The summed E-state index contributed by atoms with van der Waals surface area (Å²) in [6, 6.07) is 6.27. The molecule has 1 saturated carbocycles. The number of hydrogen-bond acceptors (Lipinski definition) is 2. The molecule has 0 spiro atoms. The average molecular weight is 266 g/mol. The lowest BCUT2D eigenvalue weighted by Gasteiger charge is -2.36. The fraction of sp³-hybridized carbons (Fsp3) is 0.533. The molecule has 0 saturated heterocycles. The van der Waals surface area contributed by atoms with Gasteiger partial charge in [0.15, 0.2) is 6.29 Å². The first-order valence-corrected chi connectivity index (χ1v) is 7.16. The third kappa shape index (κ3) is 2.69. The predicted octanol–water partition coefficient (Wildman–Crippen LogP) is 4.31. The van der Waals surface area contributed by atoms with Gasteiger partial charge in [-0.05, 0) is 31.9 Å². The van der Waals surface area contributed by atoms with E-state index < -0.39 is 0 Å². The Bertz CT molecular complexity index is 413. The van der Waals surface area contributed by atoms with Gasteiger partial charge in [-0.15, -0.1) is 0 Å². The highest BCUT2D eigenvalue weighted by molar-refractivity contribution is 6.33. The van der Waals surface area contributed by atoms with Gasteiger partial charge in [0.1, 0.15) is 0 Å². The van der Waals surface area contributed by atoms with Gasteiger partial charge in [-0.2, -0.15) is 0 Å². The highest BCUT2D eigenvalue weighted by Gasteiger charge is 2.22. The Balaban J connectivity index is 2.31. The van der Waals surface area contributed by atoms with E-state index in [1.807, 2.05) is 12.1 Å². The third-order valence-corrected chi connectivity index (χ3v) is 4.14. The van der Waals surface area contributed by atoms with Crippen molar-refractivity contribution in [1.29, 1.82) is 0 Å². The lowest BCUT2D eigenvalue weighted by molar-refractivity contribution is 0.112. The SMILES string of the molecule is CCN(c1cccc(Cl)c1C=O)C1CCCCC1. The predicted molar refractivity (Wildman–Crippen MR) is 76.7 cm³/mol. The zero-order valence-electron chi connectivity index (χ0n) is 10.9. The quantitative estimate of drug-likeness (QED) is 0.756. The first-order valence-electron chi connectivity index (χ1n) is 6.78. The summed E-state index contributed by atoms with van der Waals surface area (Å²) in [5.41, 5.74) is 1.62. The van der Waals surface area contributed by atoms with Gasteiger partial charge in [-0.1, -0.05) is 36.9 Å². The molecular formula is C15H20ClNO. The molecule has 2 rings (SSSR count). The fourth-order valence-electron chi connectivity index (χ4n) is 2.91. The van der Waals surface area contributed by atoms with Crippen molar-refractivity contribution in [2.45, 2.75) is 45.1 Å². The molecule has 1 fully saturated rings. The number of benzene rings is 1. The minimum Gasteiger partial charge on any atom is -0.368 e. The van der Waals surface area contributed by atoms with Crippen molar-refractivity contribution in [3.8, 4) is 0 Å². The second kappa shape index (κ2) is 6.24. The van der Waals surface area contributed by atoms with Crippen LogP contribution in [0.3, 0.4) is 0 Å². The van der Waals surface area contributed by atoms with E-state index in [0.717, 1.165) is 18.5 Å². The summed E-state index contributed by atoms with van der Waals surface area (Å²) in [7, 11) is 0. The molecule has 0 bridgehead atoms. The second-order valence-corrected chi connectivity index (χ2v) is 5.28. The molecule has 98 valence electrons. The van der Waals surface area contributed by atoms with E-state index in [2.05, 4.69) is 11.8 Å². The van der Waals surface area contributed by atoms with Crippen LogP contribution in [0.5, 0.6) is 0 Å². The average Bonchev–Trinajstić information content (AvgIpc) is 2.41. The van der Waals surface area contributed by atoms with Crippen molar-refractivity contribution in [3.63, 3.8) is 0 Å². The summed E-state index contributed by atoms with van der Waals surface area (Å²) in [5, 5.41) is 0.553. The van der Waals surface area contributed by atoms with Gasteiger partial charge in [0.25, 0.3) is 0 Å². The van der Waals surface area contributed by atoms with Gasteiger partial charge in [0, 0.05) is 18.3 Å². The van der Waals surface area contributed by atoms with E-state index in [1.165, 1.54) is 32.1 Å². The zero-order chi connectivity index (χ0) is 13.0. The number of nitrogens with zero attached hydrogens (tertiary/aromatic N) is 1. The number of rotatable bonds is 4. The molecule has 0 N–H and O–H groups in total. The standard InChI is InChI=1S/C15H20ClNO/c1-2-17(12-7-4-3-5-8-12)15-10-6-9-14(16)13(15)11-18/h6,9-12H,2-5,7-8H2,1H3. The highest BCUT2D eigenvalue weighted by atomic mass is 35.5. The van der Waals surface area contributed by atoms with Crippen molar-refractivity contribution < 1.29 is 4.79 Å². The van der Waals surface area contributed by atoms with Gasteiger partial charge in [-0.3, -0.25) is 4.79 Å². The summed E-state index contributed by atoms with van der Waals surface area (Å²) in [5.74, 6) is 0. The Morgan fingerprint density at radius 1 is 1.33 bits per heavy atom. The first-order chi connectivity index (χ1) is 8.77. The maximum atomic E-state index is 11.2. The summed E-state index contributed by atoms with van der Waals surface area (Å²) >= 11 is 6.11. The summed E-state index contributed by atoms with van der Waals surface area (Å²) in [6.07, 6.45) is 7.24. The minimum absolute atomic E-state index is 0.553. The Kier molecular flexibility index (Phi) is 4.65. The molecule has 0 amide bonds. The van der Waals surface area contributed by atoms with Crippen LogP contribution in [0.1, 0.15) is 49.4 Å². The third-order valence-electron chi connectivity index (χ3n) is 3.81. The molecule has 18 heavy (non-hydrogen) atoms. The van der Waals surface area contributed by atoms with E-state index in [0.29, 0.717) is 16.6 Å². The molecule has 3 heteroatoms. The summed E-state index contributed by atoms with van der Waals surface area (Å²) < 4.78 is 0. The maximum absolute atomic E-state index is 11.2. The number of carbonyl (C=O) groups is 1. The Morgan fingerprint density at radius 2 is 2.06 bits per heavy atom. The zero-order valence-corrected chi connectivity index (χ0v) is 11.6. The minimum atomic E-state index is 0.553. The molecule has 0 aliphatic heterocycles. The van der Waals surface area contributed by atoms with E-state index in [9.17, 15) is 4.79 Å². The lowest BCUT2D eigenvalue weighted by atomic mass is 9.93. The molecule has 2 nitrogen and oxygen atoms in total. The van der Waals surface area contributed by atoms with Crippen molar-refractivity contribution in [3.05, 3.63) is 28.8 Å². The smallest absolute Gasteiger partial charge is 0.153 e. The van der Waals surface area contributed by atoms with Crippen molar-refractivity contribution in [2.75, 3.05) is 11.4 Å². The second-order valence-electron chi connectivity index (χ2n) is 4.87. The molecule has 1 aromatic rings. The van der Waals surface area contributed by atoms with Crippen LogP contribution in [0.25, 0.3) is 0 Å². The van der Waals surface area contributed by atoms with Crippen LogP contribution in [0.15, 0.2) is 18.2 Å². The van der Waals surface area contributed by atoms with Crippen LogP contribution in [0.4, 0.5) is 5.69 Å². The molecule has 0 radical (unpaired) electrons. The van der Waals surface area contributed by atoms with Crippen LogP contribution in [0.2, 0.25) is 5.02 Å². The van der Waals surface area contributed by atoms with Gasteiger partial charge in [0.05, 0.1) is 10.6 Å². The van der Waals surface area contributed by atoms with Crippen LogP contribution in [0, 0.1) is 0 Å².